The molecule has 0 saturated carbocycles. The molecule has 0 spiro atoms. The number of nitrogens with zero attached hydrogens (tertiary/aromatic N) is 1. The van der Waals surface area contributed by atoms with Crippen molar-refractivity contribution in [1.29, 1.82) is 0 Å². The Morgan fingerprint density at radius 1 is 1.02 bits per heavy atom. The molecule has 2 heterocycles. The summed E-state index contributed by atoms with van der Waals surface area (Å²) in [5, 5.41) is 15.4. The molecule has 2 aromatic rings. The number of allylic oxidation sites excluding steroid dienone is 2. The van der Waals surface area contributed by atoms with Crippen LogP contribution in [-0.2, 0) is 30.6 Å². The smallest absolute Gasteiger partial charge is 0.303 e. The Labute approximate surface area is 314 Å². The molecule has 282 valence electrons. The second kappa shape index (κ2) is 29.7. The van der Waals surface area contributed by atoms with Gasteiger partial charge in [0.05, 0.1) is 0 Å². The van der Waals surface area contributed by atoms with Gasteiger partial charge in [0.25, 0.3) is 0 Å². The molecule has 9 heteroatoms. The Morgan fingerprint density at radius 2 is 1.66 bits per heavy atom. The summed E-state index contributed by atoms with van der Waals surface area (Å²) in [4.78, 5) is 17.5. The lowest BCUT2D eigenvalue weighted by Crippen LogP contribution is -2.18. The molecule has 1 aliphatic rings. The lowest BCUT2D eigenvalue weighted by Gasteiger charge is -2.20. The highest BCUT2D eigenvalue weighted by Gasteiger charge is 2.15. The van der Waals surface area contributed by atoms with Gasteiger partial charge in [0.1, 0.15) is 5.82 Å². The van der Waals surface area contributed by atoms with Crippen LogP contribution < -0.4 is 22.1 Å². The molecule has 0 atom stereocenters. The number of unbranched alkanes of at least 4 members (excludes halogenated alkanes) is 5. The summed E-state index contributed by atoms with van der Waals surface area (Å²) in [7, 11) is 0. The second-order valence-electron chi connectivity index (χ2n) is 12.6. The number of carboxylic acids is 1. The summed E-state index contributed by atoms with van der Waals surface area (Å²) < 4.78 is 0. The number of hydrogen-bond donors (Lipinski definition) is 5. The van der Waals surface area contributed by atoms with Gasteiger partial charge in [-0.3, -0.25) is 4.79 Å². The van der Waals surface area contributed by atoms with Crippen LogP contribution >= 0.6 is 23.5 Å². The maximum Gasteiger partial charge on any atom is 0.303 e. The van der Waals surface area contributed by atoms with Crippen LogP contribution in [0.1, 0.15) is 128 Å². The number of nitrogen functional groups attached to an aromatic ring is 1. The molecule has 3 rings (SSSR count). The molecule has 50 heavy (non-hydrogen) atoms. The zero-order chi connectivity index (χ0) is 37.7. The van der Waals surface area contributed by atoms with Crippen LogP contribution in [0.2, 0.25) is 0 Å². The highest BCUT2D eigenvalue weighted by Crippen LogP contribution is 2.33. The molecule has 0 aliphatic carbocycles. The Hall–Kier alpha value is -3.04. The van der Waals surface area contributed by atoms with Crippen molar-refractivity contribution in [3.8, 4) is 0 Å². The van der Waals surface area contributed by atoms with Gasteiger partial charge in [0.15, 0.2) is 0 Å². The summed E-state index contributed by atoms with van der Waals surface area (Å²) in [5.41, 5.74) is 19.4. The normalized spacial score (nSPS) is 11.6. The molecule has 1 aromatic heterocycles. The lowest BCUT2D eigenvalue weighted by atomic mass is 10.00. The minimum atomic E-state index is -0.687. The number of benzene rings is 1. The predicted molar refractivity (Wildman–Crippen MR) is 224 cm³/mol. The fraction of sp³-hybridized carbons (Fsp3) is 0.561. The zero-order valence-corrected chi connectivity index (χ0v) is 34.0. The molecular formula is C41H69N5O2S2. The number of pyridine rings is 1. The van der Waals surface area contributed by atoms with Gasteiger partial charge in [0, 0.05) is 52.1 Å². The average Bonchev–Trinajstić information content (AvgIpc) is 3.07. The second-order valence-corrected chi connectivity index (χ2v) is 14.6. The number of carbonyl (C=O) groups is 1. The van der Waals surface area contributed by atoms with Crippen molar-refractivity contribution >= 4 is 41.0 Å². The molecule has 0 bridgehead atoms. The Morgan fingerprint density at radius 3 is 2.26 bits per heavy atom. The summed E-state index contributed by atoms with van der Waals surface area (Å²) in [6.45, 7) is 20.2. The molecule has 0 radical (unpaired) electrons. The van der Waals surface area contributed by atoms with Crippen LogP contribution in [0.15, 0.2) is 64.7 Å². The highest BCUT2D eigenvalue weighted by molar-refractivity contribution is 8.03. The number of aliphatic carboxylic acids is 1. The van der Waals surface area contributed by atoms with E-state index < -0.39 is 5.97 Å². The topological polar surface area (TPSA) is 126 Å². The van der Waals surface area contributed by atoms with E-state index in [0.29, 0.717) is 6.42 Å². The number of aromatic nitrogens is 1. The molecule has 1 aromatic carbocycles. The largest absolute Gasteiger partial charge is 0.481 e. The van der Waals surface area contributed by atoms with Gasteiger partial charge in [-0.15, -0.1) is 0 Å². The number of carboxylic acid groups (broad SMARTS) is 1. The first kappa shape index (κ1) is 47.0. The predicted octanol–water partition coefficient (Wildman–Crippen LogP) is 10.9. The first-order valence-corrected chi connectivity index (χ1v) is 20.9. The Bertz CT molecular complexity index is 1290. The van der Waals surface area contributed by atoms with E-state index in [4.69, 9.17) is 21.6 Å². The minimum Gasteiger partial charge on any atom is -0.481 e. The standard InChI is InChI=1S/C21H33N3O2.C15H22N2S.C3H8.C2H6S/c1-16(2)23-15-18-14-17-10-9-13-22-21(17)24-19(18)11-7-5-3-4-6-8-12-20(25)26;1-4-6-12-8-9-13(16)10-15(12)18-11(3)14(17)7-5-2;2*1-3-2/h14,23H,1,3-13,15H2,2H3,(H,22,24)(H,25,26);7-10H,3-6,16-17H2,1-2H3;3H2,1-2H3;1-2H3/b;14-7+;;. The van der Waals surface area contributed by atoms with E-state index in [1.807, 2.05) is 37.6 Å². The van der Waals surface area contributed by atoms with E-state index in [-0.39, 0.29) is 0 Å². The number of thioether (sulfide) groups is 2. The maximum atomic E-state index is 10.5. The van der Waals surface area contributed by atoms with Crippen LogP contribution in [0.4, 0.5) is 11.5 Å². The third-order valence-electron chi connectivity index (χ3n) is 7.41. The summed E-state index contributed by atoms with van der Waals surface area (Å²) in [5.74, 6) is 0.381. The van der Waals surface area contributed by atoms with Crippen molar-refractivity contribution in [1.82, 2.24) is 10.3 Å². The van der Waals surface area contributed by atoms with Crippen LogP contribution in [-0.4, -0.2) is 35.1 Å². The summed E-state index contributed by atoms with van der Waals surface area (Å²) >= 11 is 3.35. The van der Waals surface area contributed by atoms with E-state index >= 15 is 0 Å². The third-order valence-corrected chi connectivity index (χ3v) is 8.49. The van der Waals surface area contributed by atoms with E-state index in [0.717, 1.165) is 104 Å². The Balaban J connectivity index is 0.000000869. The van der Waals surface area contributed by atoms with Crippen LogP contribution in [0.25, 0.3) is 0 Å². The fourth-order valence-electron chi connectivity index (χ4n) is 5.03. The zero-order valence-electron chi connectivity index (χ0n) is 32.4. The number of fused-ring (bicyclic) bond motifs is 1. The van der Waals surface area contributed by atoms with Gasteiger partial charge < -0.3 is 27.2 Å². The maximum absolute atomic E-state index is 10.5. The van der Waals surface area contributed by atoms with Gasteiger partial charge in [-0.1, -0.05) is 103 Å². The quantitative estimate of drug-likeness (QED) is 0.0441. The number of anilines is 2. The average molecular weight is 728 g/mol. The SMILES string of the molecule is C=C(C)NCc1cc2c(nc1CCCCCCCCC(=O)O)NCCC2.C=C(Sc1cc(N)ccc1CCC)/C(N)=C\CC.CCC.CSC. The van der Waals surface area contributed by atoms with E-state index in [1.165, 1.54) is 48.1 Å². The Kier molecular flexibility index (Phi) is 27.9. The third kappa shape index (κ3) is 21.9. The molecule has 7 nitrogen and oxygen atoms in total. The molecule has 1 aliphatic heterocycles. The van der Waals surface area contributed by atoms with Crippen LogP contribution in [0.5, 0.6) is 0 Å². The van der Waals surface area contributed by atoms with Crippen molar-refractivity contribution in [2.45, 2.75) is 136 Å². The number of nitrogens with one attached hydrogen (secondary N) is 2. The number of rotatable bonds is 18. The number of aryl methyl sites for hydroxylation is 3. The molecule has 0 fully saturated rings. The summed E-state index contributed by atoms with van der Waals surface area (Å²) in [6.07, 6.45) is 20.4. The van der Waals surface area contributed by atoms with E-state index in [1.54, 1.807) is 23.5 Å². The van der Waals surface area contributed by atoms with Gasteiger partial charge >= 0.3 is 5.97 Å². The molecule has 0 unspecified atom stereocenters. The van der Waals surface area contributed by atoms with Gasteiger partial charge in [0.2, 0.25) is 0 Å². The lowest BCUT2D eigenvalue weighted by molar-refractivity contribution is -0.137. The van der Waals surface area contributed by atoms with E-state index in [2.05, 4.69) is 63.6 Å². The van der Waals surface area contributed by atoms with Gasteiger partial charge in [-0.2, -0.15) is 11.8 Å². The first-order chi connectivity index (χ1) is 24.0. The number of nitrogens with two attached hydrogens (primary N) is 2. The van der Waals surface area contributed by atoms with Crippen molar-refractivity contribution < 1.29 is 9.90 Å². The number of hydrogen-bond acceptors (Lipinski definition) is 8. The minimum absolute atomic E-state index is 0.297. The molecular weight excluding hydrogens is 659 g/mol. The molecule has 0 amide bonds. The van der Waals surface area contributed by atoms with Crippen LogP contribution in [0.3, 0.4) is 0 Å². The monoisotopic (exact) mass is 727 g/mol. The van der Waals surface area contributed by atoms with Crippen molar-refractivity contribution in [3.63, 3.8) is 0 Å². The van der Waals surface area contributed by atoms with Crippen molar-refractivity contribution in [2.24, 2.45) is 5.73 Å². The fourth-order valence-corrected chi connectivity index (χ4v) is 5.99. The van der Waals surface area contributed by atoms with Crippen LogP contribution in [0, 0.1) is 0 Å². The van der Waals surface area contributed by atoms with Gasteiger partial charge in [-0.05, 0) is 99.3 Å². The summed E-state index contributed by atoms with van der Waals surface area (Å²) in [6, 6.07) is 8.35. The highest BCUT2D eigenvalue weighted by atomic mass is 32.2. The van der Waals surface area contributed by atoms with E-state index in [9.17, 15) is 4.79 Å². The molecule has 7 N–H and O–H groups in total. The van der Waals surface area contributed by atoms with Gasteiger partial charge in [-0.25, -0.2) is 4.98 Å². The molecule has 0 saturated heterocycles. The van der Waals surface area contributed by atoms with Crippen molar-refractivity contribution in [2.75, 3.05) is 30.1 Å². The van der Waals surface area contributed by atoms with Crippen molar-refractivity contribution in [3.05, 3.63) is 82.2 Å². The first-order valence-electron chi connectivity index (χ1n) is 18.4.